The van der Waals surface area contributed by atoms with Gasteiger partial charge in [-0.05, 0) is 31.0 Å². The van der Waals surface area contributed by atoms with Gasteiger partial charge < -0.3 is 10.4 Å². The molecule has 0 amide bonds. The van der Waals surface area contributed by atoms with Crippen molar-refractivity contribution in [1.82, 2.24) is 19.8 Å². The lowest BCUT2D eigenvalue weighted by Crippen LogP contribution is -2.15. The Bertz CT molecular complexity index is 845. The van der Waals surface area contributed by atoms with Gasteiger partial charge in [-0.15, -0.1) is 15.3 Å². The minimum Gasteiger partial charge on any atom is -0.386 e. The van der Waals surface area contributed by atoms with Crippen molar-refractivity contribution >= 4 is 11.5 Å². The van der Waals surface area contributed by atoms with Crippen LogP contribution in [0, 0.1) is 5.82 Å². The van der Waals surface area contributed by atoms with Gasteiger partial charge in [0, 0.05) is 18.0 Å². The number of aromatic nitrogens is 4. The first kappa shape index (κ1) is 14.1. The highest BCUT2D eigenvalue weighted by molar-refractivity contribution is 5.44. The second-order valence-electron chi connectivity index (χ2n) is 5.74. The van der Waals surface area contributed by atoms with E-state index in [1.165, 1.54) is 6.07 Å². The van der Waals surface area contributed by atoms with Gasteiger partial charge >= 0.3 is 0 Å². The maximum Gasteiger partial charge on any atom is 0.178 e. The molecule has 3 aromatic rings. The Morgan fingerprint density at radius 1 is 1.22 bits per heavy atom. The molecule has 0 spiro atoms. The van der Waals surface area contributed by atoms with Crippen molar-refractivity contribution in [2.45, 2.75) is 24.9 Å². The zero-order valence-corrected chi connectivity index (χ0v) is 12.4. The highest BCUT2D eigenvalue weighted by Crippen LogP contribution is 2.38. The molecule has 4 rings (SSSR count). The molecule has 2 N–H and O–H groups in total. The Labute approximate surface area is 132 Å². The van der Waals surface area contributed by atoms with Crippen LogP contribution in [0.25, 0.3) is 5.65 Å². The first-order valence-electron chi connectivity index (χ1n) is 7.61. The maximum atomic E-state index is 13.7. The number of aliphatic hydroxyl groups excluding tert-OH is 1. The smallest absolute Gasteiger partial charge is 0.178 e. The number of anilines is 1. The lowest BCUT2D eigenvalue weighted by Gasteiger charge is -2.13. The van der Waals surface area contributed by atoms with Gasteiger partial charge in [0.15, 0.2) is 11.5 Å². The molecule has 118 valence electrons. The zero-order chi connectivity index (χ0) is 15.8. The summed E-state index contributed by atoms with van der Waals surface area (Å²) in [5.74, 6) is 1.49. The van der Waals surface area contributed by atoms with E-state index in [4.69, 9.17) is 0 Å². The molecular weight excluding hydrogens is 297 g/mol. The third-order valence-electron chi connectivity index (χ3n) is 3.97. The van der Waals surface area contributed by atoms with Gasteiger partial charge in [-0.1, -0.05) is 18.2 Å². The molecule has 1 atom stereocenters. The largest absolute Gasteiger partial charge is 0.386 e. The maximum absolute atomic E-state index is 13.7. The number of nitrogens with zero attached hydrogens (tertiary/aromatic N) is 4. The lowest BCUT2D eigenvalue weighted by molar-refractivity contribution is 0.186. The molecule has 1 aliphatic rings. The molecule has 6 nitrogen and oxygen atoms in total. The summed E-state index contributed by atoms with van der Waals surface area (Å²) >= 11 is 0. The Morgan fingerprint density at radius 3 is 2.83 bits per heavy atom. The number of fused-ring (bicyclic) bond motifs is 1. The standard InChI is InChI=1S/C16H16FN5O/c17-12-4-2-1-3-11(12)13(23)9-18-14-7-8-15-19-20-16(10-5-6-10)22(15)21-14/h1-4,7-8,10,13,23H,5-6,9H2,(H,18,21). The van der Waals surface area contributed by atoms with Crippen LogP contribution in [0.4, 0.5) is 10.2 Å². The first-order chi connectivity index (χ1) is 11.2. The van der Waals surface area contributed by atoms with Gasteiger partial charge in [0.2, 0.25) is 0 Å². The second-order valence-corrected chi connectivity index (χ2v) is 5.74. The van der Waals surface area contributed by atoms with Crippen LogP contribution in [0.2, 0.25) is 0 Å². The molecule has 1 fully saturated rings. The molecule has 7 heteroatoms. The van der Waals surface area contributed by atoms with Crippen LogP contribution < -0.4 is 5.32 Å². The summed E-state index contributed by atoms with van der Waals surface area (Å²) in [4.78, 5) is 0. The van der Waals surface area contributed by atoms with Gasteiger partial charge in [-0.3, -0.25) is 0 Å². The van der Waals surface area contributed by atoms with Gasteiger partial charge in [-0.2, -0.15) is 4.52 Å². The third-order valence-corrected chi connectivity index (χ3v) is 3.97. The fourth-order valence-corrected chi connectivity index (χ4v) is 2.55. The average molecular weight is 313 g/mol. The number of hydrogen-bond acceptors (Lipinski definition) is 5. The SMILES string of the molecule is OC(CNc1ccc2nnc(C3CC3)n2n1)c1ccccc1F. The Balaban J connectivity index is 1.51. The van der Waals surface area contributed by atoms with Gasteiger partial charge in [-0.25, -0.2) is 4.39 Å². The van der Waals surface area contributed by atoms with E-state index in [1.54, 1.807) is 28.8 Å². The molecule has 1 aromatic carbocycles. The monoisotopic (exact) mass is 313 g/mol. The van der Waals surface area contributed by atoms with Crippen LogP contribution in [-0.4, -0.2) is 31.5 Å². The van der Waals surface area contributed by atoms with E-state index in [0.717, 1.165) is 18.7 Å². The number of halogens is 1. The molecule has 0 aliphatic heterocycles. The fraction of sp³-hybridized carbons (Fsp3) is 0.312. The number of rotatable bonds is 5. The van der Waals surface area contributed by atoms with Crippen molar-refractivity contribution in [2.75, 3.05) is 11.9 Å². The quantitative estimate of drug-likeness (QED) is 0.756. The van der Waals surface area contributed by atoms with Crippen molar-refractivity contribution in [1.29, 1.82) is 0 Å². The van der Waals surface area contributed by atoms with E-state index in [0.29, 0.717) is 17.4 Å². The average Bonchev–Trinajstić information content (AvgIpc) is 3.32. The van der Waals surface area contributed by atoms with Crippen molar-refractivity contribution in [3.8, 4) is 0 Å². The first-order valence-corrected chi connectivity index (χ1v) is 7.61. The Kier molecular flexibility index (Phi) is 3.42. The number of nitrogens with one attached hydrogen (secondary N) is 1. The lowest BCUT2D eigenvalue weighted by atomic mass is 10.1. The summed E-state index contributed by atoms with van der Waals surface area (Å²) in [7, 11) is 0. The van der Waals surface area contributed by atoms with E-state index < -0.39 is 11.9 Å². The van der Waals surface area contributed by atoms with Crippen LogP contribution in [0.15, 0.2) is 36.4 Å². The third kappa shape index (κ3) is 2.75. The van der Waals surface area contributed by atoms with E-state index in [-0.39, 0.29) is 12.1 Å². The fourth-order valence-electron chi connectivity index (χ4n) is 2.55. The highest BCUT2D eigenvalue weighted by Gasteiger charge is 2.29. The van der Waals surface area contributed by atoms with E-state index in [1.807, 2.05) is 6.07 Å². The molecular formula is C16H16FN5O. The summed E-state index contributed by atoms with van der Waals surface area (Å²) in [6.45, 7) is 0.167. The highest BCUT2D eigenvalue weighted by atomic mass is 19.1. The summed E-state index contributed by atoms with van der Waals surface area (Å²) in [6.07, 6.45) is 1.29. The molecule has 0 radical (unpaired) electrons. The molecule has 1 unspecified atom stereocenters. The molecule has 0 bridgehead atoms. The topological polar surface area (TPSA) is 75.3 Å². The van der Waals surface area contributed by atoms with Gasteiger partial charge in [0.25, 0.3) is 0 Å². The van der Waals surface area contributed by atoms with Crippen LogP contribution in [0.3, 0.4) is 0 Å². The van der Waals surface area contributed by atoms with Crippen molar-refractivity contribution < 1.29 is 9.50 Å². The minimum absolute atomic E-state index is 0.167. The van der Waals surface area contributed by atoms with Crippen molar-refractivity contribution in [3.63, 3.8) is 0 Å². The normalized spacial score (nSPS) is 15.7. The predicted molar refractivity (Wildman–Crippen MR) is 82.6 cm³/mol. The van der Waals surface area contributed by atoms with Crippen LogP contribution in [0.1, 0.15) is 36.3 Å². The van der Waals surface area contributed by atoms with Crippen LogP contribution in [-0.2, 0) is 0 Å². The molecule has 2 heterocycles. The molecule has 23 heavy (non-hydrogen) atoms. The summed E-state index contributed by atoms with van der Waals surface area (Å²) < 4.78 is 15.4. The van der Waals surface area contributed by atoms with Gasteiger partial charge in [0.05, 0.1) is 6.10 Å². The van der Waals surface area contributed by atoms with Crippen LogP contribution in [0.5, 0.6) is 0 Å². The summed E-state index contributed by atoms with van der Waals surface area (Å²) in [6, 6.07) is 9.80. The van der Waals surface area contributed by atoms with Crippen molar-refractivity contribution in [2.24, 2.45) is 0 Å². The Hall–Kier alpha value is -2.54. The second kappa shape index (κ2) is 5.58. The van der Waals surface area contributed by atoms with Crippen LogP contribution >= 0.6 is 0 Å². The number of aliphatic hydroxyl groups is 1. The summed E-state index contributed by atoms with van der Waals surface area (Å²) in [5, 5.41) is 25.9. The number of benzene rings is 1. The molecule has 0 saturated heterocycles. The van der Waals surface area contributed by atoms with E-state index in [2.05, 4.69) is 20.6 Å². The molecule has 1 saturated carbocycles. The molecule has 2 aromatic heterocycles. The van der Waals surface area contributed by atoms with E-state index in [9.17, 15) is 9.50 Å². The van der Waals surface area contributed by atoms with E-state index >= 15 is 0 Å². The predicted octanol–water partition coefficient (Wildman–Crippen LogP) is 2.29. The molecule has 1 aliphatic carbocycles. The minimum atomic E-state index is -0.947. The van der Waals surface area contributed by atoms with Gasteiger partial charge in [0.1, 0.15) is 11.6 Å². The number of hydrogen-bond donors (Lipinski definition) is 2. The summed E-state index contributed by atoms with van der Waals surface area (Å²) in [5.41, 5.74) is 0.969. The Morgan fingerprint density at radius 2 is 2.04 bits per heavy atom. The van der Waals surface area contributed by atoms with Crippen molar-refractivity contribution in [3.05, 3.63) is 53.6 Å². The zero-order valence-electron chi connectivity index (χ0n) is 12.4.